The summed E-state index contributed by atoms with van der Waals surface area (Å²) in [7, 11) is 0. The van der Waals surface area contributed by atoms with Crippen molar-refractivity contribution in [2.45, 2.75) is 39.4 Å². The molecule has 9 heavy (non-hydrogen) atoms. The number of rotatable bonds is 0. The third-order valence-electron chi connectivity index (χ3n) is 0. The van der Waals surface area contributed by atoms with Crippen LogP contribution in [-0.4, -0.2) is 12.2 Å². The van der Waals surface area contributed by atoms with E-state index in [9.17, 15) is 0 Å². The molecule has 0 aromatic heterocycles. The van der Waals surface area contributed by atoms with Gasteiger partial charge in [-0.3, -0.25) is 0 Å². The number of hydrogen-bond acceptors (Lipinski definition) is 1. The molecule has 0 unspecified atom stereocenters. The van der Waals surface area contributed by atoms with Crippen molar-refractivity contribution in [3.05, 3.63) is 0 Å². The van der Waals surface area contributed by atoms with Gasteiger partial charge in [0.05, 0.1) is 0 Å². The first kappa shape index (κ1) is 12.6. The van der Waals surface area contributed by atoms with Gasteiger partial charge < -0.3 is 5.73 Å². The standard InChI is InChI=1S/C4H11N.C2H7Si.Ti/c1-4(2,3)5;1-3-2;/h5H2,1-3H3;3H,1-2H3;. The Balaban J connectivity index is 0. The Morgan fingerprint density at radius 1 is 1.22 bits per heavy atom. The van der Waals surface area contributed by atoms with Crippen molar-refractivity contribution < 1.29 is 19.7 Å². The van der Waals surface area contributed by atoms with Crippen molar-refractivity contribution in [1.29, 1.82) is 0 Å². The average Bonchev–Trinajstić information content (AvgIpc) is 1.19. The normalized spacial score (nSPS) is 10.4. The fourth-order valence-corrected chi connectivity index (χ4v) is 0. The molecule has 0 aromatic rings. The fraction of sp³-hybridized carbons (Fsp3) is 1.00. The molecule has 0 fully saturated rings. The Labute approximate surface area is 71.6 Å². The zero-order chi connectivity index (χ0) is 8.08. The van der Waals surface area contributed by atoms with Crippen LogP contribution in [0.4, 0.5) is 0 Å². The molecule has 3 heteroatoms. The van der Waals surface area contributed by atoms with Crippen LogP contribution in [0.15, 0.2) is 0 Å². The van der Waals surface area contributed by atoms with Crippen LogP contribution in [0.25, 0.3) is 0 Å². The van der Waals surface area contributed by atoms with Crippen LogP contribution in [0.3, 0.4) is 0 Å². The van der Waals surface area contributed by atoms with Gasteiger partial charge in [-0.1, -0.05) is 0 Å². The van der Waals surface area contributed by atoms with Crippen molar-refractivity contribution in [2.24, 2.45) is 5.73 Å². The third kappa shape index (κ3) is 532. The molecule has 0 bridgehead atoms. The van der Waals surface area contributed by atoms with E-state index in [1.54, 1.807) is 0 Å². The molecule has 0 saturated heterocycles. The summed E-state index contributed by atoms with van der Waals surface area (Å²) in [5, 5.41) is 0. The maximum atomic E-state index is 5.35. The van der Waals surface area contributed by atoms with Crippen LogP contribution in [0.2, 0.25) is 13.1 Å². The average molecular weight is 180 g/mol. The molecule has 0 saturated carbocycles. The number of nitrogens with two attached hydrogens (primary N) is 1. The second kappa shape index (κ2) is 5.66. The van der Waals surface area contributed by atoms with E-state index in [1.165, 1.54) is 0 Å². The minimum absolute atomic E-state index is 0. The van der Waals surface area contributed by atoms with Gasteiger partial charge in [-0.2, -0.15) is 0 Å². The number of hydrogen-bond donors (Lipinski definition) is 1. The molecule has 1 nitrogen and oxygen atoms in total. The van der Waals surface area contributed by atoms with Gasteiger partial charge in [-0.05, 0) is 20.8 Å². The first-order valence-electron chi connectivity index (χ1n) is 3.23. The summed E-state index contributed by atoms with van der Waals surface area (Å²) in [6, 6.07) is 0. The first-order valence-corrected chi connectivity index (χ1v) is 8.82. The van der Waals surface area contributed by atoms with Crippen molar-refractivity contribution >= 4 is 6.66 Å². The van der Waals surface area contributed by atoms with E-state index in [4.69, 9.17) is 5.73 Å². The Morgan fingerprint density at radius 3 is 1.22 bits per heavy atom. The second-order valence-electron chi connectivity index (χ2n) is 3.52. The SMILES string of the molecule is CC(C)(C)N.C[SiH](C)[Ti]. The summed E-state index contributed by atoms with van der Waals surface area (Å²) >= 11 is 2.31. The molecular weight excluding hydrogens is 162 g/mol. The molecule has 0 aliphatic rings. The van der Waals surface area contributed by atoms with Gasteiger partial charge in [0.2, 0.25) is 0 Å². The Morgan fingerprint density at radius 2 is 1.22 bits per heavy atom. The molecule has 0 atom stereocenters. The summed E-state index contributed by atoms with van der Waals surface area (Å²) in [6.07, 6.45) is 0. The van der Waals surface area contributed by atoms with E-state index in [2.05, 4.69) is 32.8 Å². The van der Waals surface area contributed by atoms with Gasteiger partial charge in [-0.15, -0.1) is 0 Å². The van der Waals surface area contributed by atoms with E-state index < -0.39 is 0 Å². The van der Waals surface area contributed by atoms with Gasteiger partial charge in [0, 0.05) is 5.54 Å². The molecule has 0 aliphatic carbocycles. The van der Waals surface area contributed by atoms with E-state index >= 15 is 0 Å². The van der Waals surface area contributed by atoms with Gasteiger partial charge in [-0.25, -0.2) is 0 Å². The van der Waals surface area contributed by atoms with Gasteiger partial charge in [0.25, 0.3) is 0 Å². The zero-order valence-electron chi connectivity index (χ0n) is 7.15. The zero-order valence-corrected chi connectivity index (χ0v) is 9.87. The molecule has 0 spiro atoms. The first-order chi connectivity index (χ1) is 3.73. The van der Waals surface area contributed by atoms with Crippen LogP contribution in [0.1, 0.15) is 20.8 Å². The topological polar surface area (TPSA) is 26.0 Å². The Kier molecular flexibility index (Phi) is 7.90. The third-order valence-corrected chi connectivity index (χ3v) is 0. The summed E-state index contributed by atoms with van der Waals surface area (Å²) in [4.78, 5) is 0. The van der Waals surface area contributed by atoms with Gasteiger partial charge in [0.15, 0.2) is 0 Å². The molecule has 2 N–H and O–H groups in total. The predicted molar refractivity (Wildman–Crippen MR) is 42.8 cm³/mol. The van der Waals surface area contributed by atoms with Crippen molar-refractivity contribution in [2.75, 3.05) is 0 Å². The Bertz CT molecular complexity index is 49.8. The summed E-state index contributed by atoms with van der Waals surface area (Å²) in [5.74, 6) is 0. The molecular formula is C6H18NSiTi. The maximum absolute atomic E-state index is 5.35. The van der Waals surface area contributed by atoms with Crippen LogP contribution >= 0.6 is 0 Å². The predicted octanol–water partition coefficient (Wildman–Crippen LogP) is 1.26. The quantitative estimate of drug-likeness (QED) is 0.558. The molecule has 0 rings (SSSR count). The molecule has 0 heterocycles. The van der Waals surface area contributed by atoms with E-state index in [0.29, 0.717) is 0 Å². The second-order valence-corrected chi connectivity index (χ2v) is 11.2. The Hall–Kier alpha value is 0.891. The van der Waals surface area contributed by atoms with Crippen LogP contribution in [0.5, 0.6) is 0 Å². The van der Waals surface area contributed by atoms with Gasteiger partial charge >= 0.3 is 39.4 Å². The summed E-state index contributed by atoms with van der Waals surface area (Å²) in [6.45, 7) is 10.4. The van der Waals surface area contributed by atoms with E-state index in [1.807, 2.05) is 20.8 Å². The minimum atomic E-state index is -0.139. The van der Waals surface area contributed by atoms with E-state index in [-0.39, 0.29) is 12.2 Å². The van der Waals surface area contributed by atoms with Crippen molar-refractivity contribution in [3.63, 3.8) is 0 Å². The van der Waals surface area contributed by atoms with Crippen molar-refractivity contribution in [3.8, 4) is 0 Å². The van der Waals surface area contributed by atoms with Crippen LogP contribution < -0.4 is 5.73 Å². The van der Waals surface area contributed by atoms with Crippen LogP contribution in [-0.2, 0) is 19.7 Å². The van der Waals surface area contributed by atoms with Crippen LogP contribution in [0, 0.1) is 0 Å². The molecule has 55 valence electrons. The monoisotopic (exact) mass is 180 g/mol. The molecule has 0 radical (unpaired) electrons. The fourth-order valence-electron chi connectivity index (χ4n) is 0. The summed E-state index contributed by atoms with van der Waals surface area (Å²) in [5.41, 5.74) is 5.35. The van der Waals surface area contributed by atoms with E-state index in [0.717, 1.165) is 0 Å². The van der Waals surface area contributed by atoms with Crippen molar-refractivity contribution in [1.82, 2.24) is 0 Å². The summed E-state index contributed by atoms with van der Waals surface area (Å²) < 4.78 is 0. The molecule has 0 amide bonds. The van der Waals surface area contributed by atoms with Gasteiger partial charge in [0.1, 0.15) is 0 Å². The molecule has 0 aromatic carbocycles. The molecule has 0 aliphatic heterocycles.